The Hall–Kier alpha value is -3.85. The van der Waals surface area contributed by atoms with Gasteiger partial charge in [0.05, 0.1) is 12.4 Å². The van der Waals surface area contributed by atoms with Gasteiger partial charge in [0.2, 0.25) is 0 Å². The van der Waals surface area contributed by atoms with Gasteiger partial charge in [0, 0.05) is 21.5 Å². The summed E-state index contributed by atoms with van der Waals surface area (Å²) in [7, 11) is 2.12. The number of benzene rings is 4. The third-order valence-corrected chi connectivity index (χ3v) is 6.50. The first-order valence-electron chi connectivity index (χ1n) is 10.3. The zero-order chi connectivity index (χ0) is 20.0. The van der Waals surface area contributed by atoms with Gasteiger partial charge < -0.3 is 4.42 Å². The van der Waals surface area contributed by atoms with Crippen LogP contribution in [0.15, 0.2) is 83.5 Å². The summed E-state index contributed by atoms with van der Waals surface area (Å²) in [5.74, 6) is 0. The van der Waals surface area contributed by atoms with Crippen molar-refractivity contribution in [3.05, 3.63) is 84.7 Å². The molecule has 0 amide bonds. The highest BCUT2D eigenvalue weighted by molar-refractivity contribution is 6.19. The molecule has 0 N–H and O–H groups in total. The summed E-state index contributed by atoms with van der Waals surface area (Å²) in [6, 6.07) is 23.9. The Morgan fingerprint density at radius 2 is 1.53 bits per heavy atom. The summed E-state index contributed by atoms with van der Waals surface area (Å²) in [6.45, 7) is 2.19. The van der Waals surface area contributed by atoms with Crippen LogP contribution in [0.4, 0.5) is 0 Å². The molecule has 3 nitrogen and oxygen atoms in total. The molecule has 0 unspecified atom stereocenters. The SMILES string of the molecule is Cc1cccc2c3cc4oc5cc6ccccc6cc5c4cc3n3cc[n+](C)c3c12. The van der Waals surface area contributed by atoms with E-state index in [0.717, 1.165) is 16.6 Å². The molecule has 0 spiro atoms. The molecule has 142 valence electrons. The Morgan fingerprint density at radius 1 is 0.767 bits per heavy atom. The fourth-order valence-corrected chi connectivity index (χ4v) is 5.07. The number of hydrogen-bond donors (Lipinski definition) is 0. The lowest BCUT2D eigenvalue weighted by atomic mass is 10.0. The maximum atomic E-state index is 6.35. The first-order chi connectivity index (χ1) is 14.7. The summed E-state index contributed by atoms with van der Waals surface area (Å²) < 4.78 is 10.9. The molecule has 3 heteroatoms. The van der Waals surface area contributed by atoms with E-state index < -0.39 is 0 Å². The fraction of sp³-hybridized carbons (Fsp3) is 0.0741. The lowest BCUT2D eigenvalue weighted by Gasteiger charge is -2.07. The van der Waals surface area contributed by atoms with E-state index in [9.17, 15) is 0 Å². The van der Waals surface area contributed by atoms with Crippen LogP contribution in [0.25, 0.3) is 60.0 Å². The minimum absolute atomic E-state index is 0.937. The van der Waals surface area contributed by atoms with Gasteiger partial charge in [-0.3, -0.25) is 0 Å². The van der Waals surface area contributed by atoms with E-state index in [0.29, 0.717) is 0 Å². The minimum Gasteiger partial charge on any atom is -0.456 e. The summed E-state index contributed by atoms with van der Waals surface area (Å²) >= 11 is 0. The molecule has 0 bridgehead atoms. The highest BCUT2D eigenvalue weighted by Crippen LogP contribution is 2.37. The highest BCUT2D eigenvalue weighted by Gasteiger charge is 2.20. The molecule has 0 radical (unpaired) electrons. The number of rotatable bonds is 0. The van der Waals surface area contributed by atoms with Gasteiger partial charge in [-0.1, -0.05) is 42.5 Å². The lowest BCUT2D eigenvalue weighted by Crippen LogP contribution is -2.26. The van der Waals surface area contributed by atoms with Crippen LogP contribution in [0.5, 0.6) is 0 Å². The predicted octanol–water partition coefficient (Wildman–Crippen LogP) is 6.43. The average Bonchev–Trinajstić information content (AvgIpc) is 3.31. The summed E-state index contributed by atoms with van der Waals surface area (Å²) in [4.78, 5) is 0. The molecule has 0 atom stereocenters. The Balaban J connectivity index is 1.75. The van der Waals surface area contributed by atoms with E-state index in [2.05, 4.69) is 102 Å². The van der Waals surface area contributed by atoms with Gasteiger partial charge in [-0.25, -0.2) is 4.57 Å². The molecule has 0 saturated heterocycles. The monoisotopic (exact) mass is 387 g/mol. The Bertz CT molecular complexity index is 1820. The Morgan fingerprint density at radius 3 is 2.40 bits per heavy atom. The second kappa shape index (κ2) is 5.39. The van der Waals surface area contributed by atoms with E-state index in [-0.39, 0.29) is 0 Å². The first-order valence-corrected chi connectivity index (χ1v) is 10.3. The molecule has 4 aromatic carbocycles. The molecule has 0 aliphatic carbocycles. The van der Waals surface area contributed by atoms with E-state index in [1.54, 1.807) is 0 Å². The van der Waals surface area contributed by atoms with Gasteiger partial charge in [-0.2, -0.15) is 4.40 Å². The van der Waals surface area contributed by atoms with Crippen LogP contribution in [0.1, 0.15) is 5.56 Å². The smallest absolute Gasteiger partial charge is 0.294 e. The molecule has 3 heterocycles. The number of fused-ring (bicyclic) bond motifs is 10. The molecule has 0 aliphatic rings. The molecule has 7 rings (SSSR count). The minimum atomic E-state index is 0.937. The van der Waals surface area contributed by atoms with E-state index in [1.165, 1.54) is 49.0 Å². The number of imidazole rings is 1. The van der Waals surface area contributed by atoms with Gasteiger partial charge in [-0.15, -0.1) is 0 Å². The summed E-state index contributed by atoms with van der Waals surface area (Å²) in [5, 5.41) is 8.54. The van der Waals surface area contributed by atoms with Gasteiger partial charge >= 0.3 is 0 Å². The van der Waals surface area contributed by atoms with Crippen molar-refractivity contribution >= 4 is 60.0 Å². The fourth-order valence-electron chi connectivity index (χ4n) is 5.07. The number of hydrogen-bond acceptors (Lipinski definition) is 1. The van der Waals surface area contributed by atoms with Crippen LogP contribution in [0.3, 0.4) is 0 Å². The van der Waals surface area contributed by atoms with Crippen LogP contribution in [-0.2, 0) is 7.05 Å². The first kappa shape index (κ1) is 16.0. The van der Waals surface area contributed by atoms with E-state index in [1.807, 2.05) is 0 Å². The normalized spacial score (nSPS) is 12.3. The molecule has 0 fully saturated rings. The van der Waals surface area contributed by atoms with Gasteiger partial charge in [-0.05, 0) is 47.5 Å². The quantitative estimate of drug-likeness (QED) is 0.217. The maximum absolute atomic E-state index is 6.35. The van der Waals surface area contributed by atoms with Crippen molar-refractivity contribution < 1.29 is 8.98 Å². The van der Waals surface area contributed by atoms with Crippen molar-refractivity contribution in [3.8, 4) is 0 Å². The largest absolute Gasteiger partial charge is 0.456 e. The third kappa shape index (κ3) is 1.92. The zero-order valence-electron chi connectivity index (χ0n) is 16.8. The maximum Gasteiger partial charge on any atom is 0.294 e. The number of nitrogens with zero attached hydrogens (tertiary/aromatic N) is 2. The lowest BCUT2D eigenvalue weighted by molar-refractivity contribution is -0.643. The van der Waals surface area contributed by atoms with Crippen molar-refractivity contribution in [1.29, 1.82) is 0 Å². The standard InChI is InChI=1S/C27H19N2O/c1-16-6-5-9-19-20-15-25-22(14-23(20)29-11-10-28(2)27(29)26(16)19)21-12-17-7-3-4-8-18(17)13-24(21)30-25/h3-15H,1-2H3/q+1. The molecular weight excluding hydrogens is 368 g/mol. The van der Waals surface area contributed by atoms with Gasteiger partial charge in [0.25, 0.3) is 5.65 Å². The van der Waals surface area contributed by atoms with Crippen LogP contribution in [0.2, 0.25) is 0 Å². The van der Waals surface area contributed by atoms with Crippen molar-refractivity contribution in [3.63, 3.8) is 0 Å². The van der Waals surface area contributed by atoms with Crippen molar-refractivity contribution in [2.24, 2.45) is 7.05 Å². The zero-order valence-corrected chi connectivity index (χ0v) is 16.8. The van der Waals surface area contributed by atoms with Crippen LogP contribution in [0, 0.1) is 6.92 Å². The topological polar surface area (TPSA) is 21.4 Å². The van der Waals surface area contributed by atoms with Crippen LogP contribution < -0.4 is 4.57 Å². The third-order valence-electron chi connectivity index (χ3n) is 6.50. The Kier molecular flexibility index (Phi) is 2.88. The highest BCUT2D eigenvalue weighted by atomic mass is 16.3. The number of pyridine rings is 1. The van der Waals surface area contributed by atoms with Crippen molar-refractivity contribution in [2.45, 2.75) is 6.92 Å². The molecule has 7 aromatic rings. The molecule has 0 saturated carbocycles. The summed E-state index contributed by atoms with van der Waals surface area (Å²) in [6.07, 6.45) is 4.29. The molecule has 30 heavy (non-hydrogen) atoms. The summed E-state index contributed by atoms with van der Waals surface area (Å²) in [5.41, 5.74) is 5.57. The van der Waals surface area contributed by atoms with Crippen LogP contribution in [-0.4, -0.2) is 4.40 Å². The predicted molar refractivity (Wildman–Crippen MR) is 123 cm³/mol. The second-order valence-corrected chi connectivity index (χ2v) is 8.26. The Labute approximate surface area is 172 Å². The number of aryl methyl sites for hydroxylation is 2. The number of aromatic nitrogens is 2. The van der Waals surface area contributed by atoms with Gasteiger partial charge in [0.1, 0.15) is 29.1 Å². The average molecular weight is 387 g/mol. The van der Waals surface area contributed by atoms with Crippen LogP contribution >= 0.6 is 0 Å². The van der Waals surface area contributed by atoms with Gasteiger partial charge in [0.15, 0.2) is 0 Å². The van der Waals surface area contributed by atoms with E-state index >= 15 is 0 Å². The molecule has 0 aliphatic heterocycles. The number of furan rings is 1. The van der Waals surface area contributed by atoms with Crippen molar-refractivity contribution in [1.82, 2.24) is 4.40 Å². The molecule has 3 aromatic heterocycles. The molecular formula is C27H19N2O+. The van der Waals surface area contributed by atoms with Crippen molar-refractivity contribution in [2.75, 3.05) is 0 Å². The van der Waals surface area contributed by atoms with E-state index in [4.69, 9.17) is 4.42 Å². The second-order valence-electron chi connectivity index (χ2n) is 8.26.